The Hall–Kier alpha value is -1.59. The first-order valence-electron chi connectivity index (χ1n) is 7.10. The fourth-order valence-corrected chi connectivity index (χ4v) is 2.44. The van der Waals surface area contributed by atoms with Crippen LogP contribution in [-0.2, 0) is 4.84 Å². The minimum absolute atomic E-state index is 0.127. The topological polar surface area (TPSA) is 70.6 Å². The summed E-state index contributed by atoms with van der Waals surface area (Å²) < 4.78 is 0. The zero-order valence-corrected chi connectivity index (χ0v) is 11.8. The molecule has 0 spiro atoms. The summed E-state index contributed by atoms with van der Waals surface area (Å²) in [6.45, 7) is 2.09. The van der Waals surface area contributed by atoms with Crippen LogP contribution in [-0.4, -0.2) is 23.8 Å². The number of hydrogen-bond donors (Lipinski definition) is 3. The molecular weight excluding hydrogens is 256 g/mol. The summed E-state index contributed by atoms with van der Waals surface area (Å²) in [5.74, 6) is 0. The van der Waals surface area contributed by atoms with Gasteiger partial charge >= 0.3 is 6.03 Å². The van der Waals surface area contributed by atoms with Crippen LogP contribution in [0.25, 0.3) is 0 Å². The molecule has 1 aliphatic carbocycles. The van der Waals surface area contributed by atoms with E-state index in [0.29, 0.717) is 0 Å². The lowest BCUT2D eigenvalue weighted by molar-refractivity contribution is -0.000420. The maximum absolute atomic E-state index is 11.6. The Bertz CT molecular complexity index is 444. The van der Waals surface area contributed by atoms with E-state index in [-0.39, 0.29) is 12.6 Å². The van der Waals surface area contributed by atoms with Gasteiger partial charge in [0.25, 0.3) is 0 Å². The molecule has 20 heavy (non-hydrogen) atoms. The van der Waals surface area contributed by atoms with E-state index in [0.717, 1.165) is 36.8 Å². The summed E-state index contributed by atoms with van der Waals surface area (Å²) in [5, 5.41) is 12.7. The number of carbonyl (C=O) groups excluding carboxylic acids is 1. The fourth-order valence-electron chi connectivity index (χ4n) is 2.44. The van der Waals surface area contributed by atoms with Gasteiger partial charge in [-0.2, -0.15) is 0 Å². The molecule has 5 nitrogen and oxygen atoms in total. The van der Waals surface area contributed by atoms with E-state index in [1.807, 2.05) is 31.2 Å². The van der Waals surface area contributed by atoms with Gasteiger partial charge in [0.2, 0.25) is 0 Å². The third-order valence-corrected chi connectivity index (χ3v) is 3.62. The van der Waals surface area contributed by atoms with Crippen LogP contribution in [0.1, 0.15) is 42.9 Å². The van der Waals surface area contributed by atoms with E-state index >= 15 is 0 Å². The number of carbonyl (C=O) groups is 1. The van der Waals surface area contributed by atoms with Gasteiger partial charge in [0, 0.05) is 6.54 Å². The molecule has 110 valence electrons. The van der Waals surface area contributed by atoms with Crippen molar-refractivity contribution in [3.05, 3.63) is 35.4 Å². The van der Waals surface area contributed by atoms with Crippen LogP contribution in [0.15, 0.2) is 24.3 Å². The van der Waals surface area contributed by atoms with Crippen molar-refractivity contribution >= 4 is 6.03 Å². The Balaban J connectivity index is 1.71. The maximum atomic E-state index is 11.6. The molecule has 0 bridgehead atoms. The van der Waals surface area contributed by atoms with E-state index in [4.69, 9.17) is 4.84 Å². The van der Waals surface area contributed by atoms with Crippen molar-refractivity contribution in [2.45, 2.75) is 44.8 Å². The summed E-state index contributed by atoms with van der Waals surface area (Å²) in [4.78, 5) is 16.8. The van der Waals surface area contributed by atoms with Crippen LogP contribution >= 0.6 is 0 Å². The lowest BCUT2D eigenvalue weighted by atomic mass is 10.0. The highest BCUT2D eigenvalue weighted by Gasteiger charge is 2.17. The average Bonchev–Trinajstić information content (AvgIpc) is 2.96. The van der Waals surface area contributed by atoms with Crippen LogP contribution in [0.4, 0.5) is 4.79 Å². The molecule has 1 aliphatic rings. The molecule has 1 atom stereocenters. The minimum atomic E-state index is -0.714. The van der Waals surface area contributed by atoms with Crippen LogP contribution < -0.4 is 10.8 Å². The van der Waals surface area contributed by atoms with Gasteiger partial charge in [0.1, 0.15) is 0 Å². The molecule has 0 saturated heterocycles. The molecular formula is C15H22N2O3. The molecule has 5 heteroatoms. The highest BCUT2D eigenvalue weighted by molar-refractivity contribution is 5.72. The zero-order chi connectivity index (χ0) is 14.4. The molecule has 1 fully saturated rings. The summed E-state index contributed by atoms with van der Waals surface area (Å²) in [6.07, 6.45) is 3.70. The first-order valence-corrected chi connectivity index (χ1v) is 7.10. The van der Waals surface area contributed by atoms with E-state index in [1.165, 1.54) is 0 Å². The number of amides is 2. The van der Waals surface area contributed by atoms with Gasteiger partial charge in [-0.1, -0.05) is 37.1 Å². The number of aryl methyl sites for hydroxylation is 1. The monoisotopic (exact) mass is 278 g/mol. The van der Waals surface area contributed by atoms with Gasteiger partial charge in [0.05, 0.1) is 12.2 Å². The van der Waals surface area contributed by atoms with Crippen LogP contribution in [0.2, 0.25) is 0 Å². The summed E-state index contributed by atoms with van der Waals surface area (Å²) in [5.41, 5.74) is 4.21. The highest BCUT2D eigenvalue weighted by Crippen LogP contribution is 2.19. The van der Waals surface area contributed by atoms with Crippen molar-refractivity contribution in [3.63, 3.8) is 0 Å². The fraction of sp³-hybridized carbons (Fsp3) is 0.533. The van der Waals surface area contributed by atoms with E-state index in [9.17, 15) is 9.90 Å². The second-order valence-corrected chi connectivity index (χ2v) is 5.21. The molecule has 1 saturated carbocycles. The van der Waals surface area contributed by atoms with Gasteiger partial charge in [-0.05, 0) is 30.9 Å². The standard InChI is InChI=1S/C15H22N2O3/c1-11-6-2-5-9-13(11)14(18)10-16-15(19)17-20-12-7-3-4-8-12/h2,5-6,9,12,14,18H,3-4,7-8,10H2,1H3,(H2,16,17,19). The van der Waals surface area contributed by atoms with E-state index in [2.05, 4.69) is 10.8 Å². The third kappa shape index (κ3) is 4.21. The SMILES string of the molecule is Cc1ccccc1C(O)CNC(=O)NOC1CCCC1. The van der Waals surface area contributed by atoms with Gasteiger partial charge in [-0.15, -0.1) is 0 Å². The molecule has 0 aromatic heterocycles. The Kier molecular flexibility index (Phi) is 5.38. The van der Waals surface area contributed by atoms with E-state index in [1.54, 1.807) is 0 Å². The molecule has 0 heterocycles. The number of hydroxylamine groups is 1. The molecule has 1 unspecified atom stereocenters. The van der Waals surface area contributed by atoms with Gasteiger partial charge in [-0.3, -0.25) is 4.84 Å². The predicted octanol–water partition coefficient (Wildman–Crippen LogP) is 2.20. The lowest BCUT2D eigenvalue weighted by Crippen LogP contribution is -2.39. The van der Waals surface area contributed by atoms with E-state index < -0.39 is 12.1 Å². The zero-order valence-electron chi connectivity index (χ0n) is 11.8. The smallest absolute Gasteiger partial charge is 0.338 e. The van der Waals surface area contributed by atoms with Crippen LogP contribution in [0.3, 0.4) is 0 Å². The number of aliphatic hydroxyl groups is 1. The van der Waals surface area contributed by atoms with Crippen molar-refractivity contribution in [2.24, 2.45) is 0 Å². The van der Waals surface area contributed by atoms with Crippen molar-refractivity contribution < 1.29 is 14.7 Å². The van der Waals surface area contributed by atoms with Crippen LogP contribution in [0.5, 0.6) is 0 Å². The van der Waals surface area contributed by atoms with Crippen molar-refractivity contribution in [1.29, 1.82) is 0 Å². The third-order valence-electron chi connectivity index (χ3n) is 3.62. The van der Waals surface area contributed by atoms with Crippen LogP contribution in [0, 0.1) is 6.92 Å². The molecule has 0 aliphatic heterocycles. The Morgan fingerprint density at radius 3 is 2.80 bits per heavy atom. The number of hydrogen-bond acceptors (Lipinski definition) is 3. The van der Waals surface area contributed by atoms with Crippen molar-refractivity contribution in [1.82, 2.24) is 10.8 Å². The largest absolute Gasteiger partial charge is 0.387 e. The van der Waals surface area contributed by atoms with Gasteiger partial charge < -0.3 is 10.4 Å². The summed E-state index contributed by atoms with van der Waals surface area (Å²) >= 11 is 0. The Morgan fingerprint density at radius 2 is 2.10 bits per heavy atom. The summed E-state index contributed by atoms with van der Waals surface area (Å²) in [7, 11) is 0. The molecule has 2 amide bonds. The predicted molar refractivity (Wildman–Crippen MR) is 76.0 cm³/mol. The second-order valence-electron chi connectivity index (χ2n) is 5.21. The van der Waals surface area contributed by atoms with Gasteiger partial charge in [-0.25, -0.2) is 10.3 Å². The lowest BCUT2D eigenvalue weighted by Gasteiger charge is -2.16. The number of urea groups is 1. The minimum Gasteiger partial charge on any atom is -0.387 e. The molecule has 2 rings (SSSR count). The molecule has 1 aromatic carbocycles. The maximum Gasteiger partial charge on any atom is 0.338 e. The first kappa shape index (κ1) is 14.8. The highest BCUT2D eigenvalue weighted by atomic mass is 16.7. The first-order chi connectivity index (χ1) is 9.66. The molecule has 1 aromatic rings. The second kappa shape index (κ2) is 7.26. The number of nitrogens with one attached hydrogen (secondary N) is 2. The molecule has 3 N–H and O–H groups in total. The number of benzene rings is 1. The number of rotatable bonds is 5. The summed E-state index contributed by atoms with van der Waals surface area (Å²) in [6, 6.07) is 7.16. The van der Waals surface area contributed by atoms with Gasteiger partial charge in [0.15, 0.2) is 0 Å². The average molecular weight is 278 g/mol. The van der Waals surface area contributed by atoms with Crippen molar-refractivity contribution in [3.8, 4) is 0 Å². The Labute approximate surface area is 119 Å². The Morgan fingerprint density at radius 1 is 1.40 bits per heavy atom. The quantitative estimate of drug-likeness (QED) is 0.723. The molecule has 0 radical (unpaired) electrons. The number of aliphatic hydroxyl groups excluding tert-OH is 1. The van der Waals surface area contributed by atoms with Crippen molar-refractivity contribution in [2.75, 3.05) is 6.54 Å². The normalized spacial score (nSPS) is 16.9.